The average molecular weight is 284 g/mol. The van der Waals surface area contributed by atoms with Crippen molar-refractivity contribution in [2.24, 2.45) is 5.73 Å². The van der Waals surface area contributed by atoms with Gasteiger partial charge in [-0.1, -0.05) is 39.0 Å². The molecule has 1 amide bonds. The number of para-hydroxylation sites is 1. The minimum atomic E-state index is -0.564. The number of hydrogen-bond acceptors (Lipinski definition) is 3. The zero-order chi connectivity index (χ0) is 15.6. The fourth-order valence-corrected chi connectivity index (χ4v) is 2.12. The maximum atomic E-state index is 11.5. The Kier molecular flexibility index (Phi) is 3.89. The van der Waals surface area contributed by atoms with E-state index in [9.17, 15) is 4.79 Å². The summed E-state index contributed by atoms with van der Waals surface area (Å²) in [5.41, 5.74) is 12.8. The Balaban J connectivity index is 2.47. The second kappa shape index (κ2) is 5.48. The number of nitrogen functional groups attached to an aromatic ring is 1. The number of ether oxygens (including phenoxy) is 1. The van der Waals surface area contributed by atoms with Crippen molar-refractivity contribution in [2.75, 3.05) is 5.73 Å². The third-order valence-electron chi connectivity index (χ3n) is 3.18. The number of benzene rings is 2. The van der Waals surface area contributed by atoms with Gasteiger partial charge in [0.25, 0.3) is 5.91 Å². The van der Waals surface area contributed by atoms with Gasteiger partial charge in [-0.15, -0.1) is 0 Å². The highest BCUT2D eigenvalue weighted by molar-refractivity contribution is 5.96. The second-order valence-electron chi connectivity index (χ2n) is 5.97. The molecule has 0 bridgehead atoms. The van der Waals surface area contributed by atoms with Crippen LogP contribution < -0.4 is 16.2 Å². The lowest BCUT2D eigenvalue weighted by atomic mass is 9.86. The molecule has 0 aromatic heterocycles. The molecule has 0 aliphatic rings. The molecule has 4 N–H and O–H groups in total. The van der Waals surface area contributed by atoms with E-state index >= 15 is 0 Å². The van der Waals surface area contributed by atoms with Crippen molar-refractivity contribution in [3.63, 3.8) is 0 Å². The fraction of sp³-hybridized carbons (Fsp3) is 0.235. The molecule has 2 rings (SSSR count). The van der Waals surface area contributed by atoms with Crippen LogP contribution in [-0.4, -0.2) is 5.91 Å². The number of amides is 1. The van der Waals surface area contributed by atoms with Crippen LogP contribution >= 0.6 is 0 Å². The highest BCUT2D eigenvalue weighted by atomic mass is 16.5. The molecule has 21 heavy (non-hydrogen) atoms. The van der Waals surface area contributed by atoms with Gasteiger partial charge >= 0.3 is 0 Å². The van der Waals surface area contributed by atoms with E-state index < -0.39 is 5.91 Å². The standard InChI is InChI=1S/C17H20N2O2/c1-17(2,3)13-6-4-5-7-15(13)21-14-9-8-11(18)10-12(14)16(19)20/h4-10H,18H2,1-3H3,(H2,19,20). The molecule has 0 saturated heterocycles. The van der Waals surface area contributed by atoms with Gasteiger partial charge in [-0.05, 0) is 29.7 Å². The zero-order valence-corrected chi connectivity index (χ0v) is 12.5. The summed E-state index contributed by atoms with van der Waals surface area (Å²) >= 11 is 0. The van der Waals surface area contributed by atoms with Crippen LogP contribution in [0.3, 0.4) is 0 Å². The molecule has 2 aromatic rings. The van der Waals surface area contributed by atoms with Gasteiger partial charge < -0.3 is 16.2 Å². The number of anilines is 1. The molecule has 0 aliphatic heterocycles. The van der Waals surface area contributed by atoms with Gasteiger partial charge in [0.1, 0.15) is 11.5 Å². The molecule has 0 saturated carbocycles. The number of carbonyl (C=O) groups is 1. The third kappa shape index (κ3) is 3.34. The Morgan fingerprint density at radius 3 is 2.33 bits per heavy atom. The lowest BCUT2D eigenvalue weighted by Crippen LogP contribution is -2.14. The van der Waals surface area contributed by atoms with Crippen LogP contribution in [0, 0.1) is 0 Å². The van der Waals surface area contributed by atoms with Gasteiger partial charge in [0.15, 0.2) is 0 Å². The summed E-state index contributed by atoms with van der Waals surface area (Å²) in [6.07, 6.45) is 0. The van der Waals surface area contributed by atoms with Gasteiger partial charge in [-0.2, -0.15) is 0 Å². The Bertz CT molecular complexity index is 673. The molecule has 0 spiro atoms. The molecule has 0 unspecified atom stereocenters. The number of primary amides is 1. The first-order valence-electron chi connectivity index (χ1n) is 6.76. The van der Waals surface area contributed by atoms with E-state index in [-0.39, 0.29) is 11.0 Å². The van der Waals surface area contributed by atoms with Gasteiger partial charge in [-0.25, -0.2) is 0 Å². The predicted molar refractivity (Wildman–Crippen MR) is 84.6 cm³/mol. The number of hydrogen-bond donors (Lipinski definition) is 2. The molecular formula is C17H20N2O2. The van der Waals surface area contributed by atoms with Crippen LogP contribution in [0.4, 0.5) is 5.69 Å². The number of nitrogens with two attached hydrogens (primary N) is 2. The van der Waals surface area contributed by atoms with Crippen molar-refractivity contribution in [3.8, 4) is 11.5 Å². The van der Waals surface area contributed by atoms with Crippen molar-refractivity contribution < 1.29 is 9.53 Å². The zero-order valence-electron chi connectivity index (χ0n) is 12.5. The van der Waals surface area contributed by atoms with Gasteiger partial charge in [0.2, 0.25) is 0 Å². The van der Waals surface area contributed by atoms with Gasteiger partial charge in [-0.3, -0.25) is 4.79 Å². The maximum Gasteiger partial charge on any atom is 0.252 e. The van der Waals surface area contributed by atoms with E-state index in [1.165, 1.54) is 6.07 Å². The SMILES string of the molecule is CC(C)(C)c1ccccc1Oc1ccc(N)cc1C(N)=O. The summed E-state index contributed by atoms with van der Waals surface area (Å²) in [4.78, 5) is 11.5. The Labute approximate surface area is 124 Å². The molecule has 0 radical (unpaired) electrons. The normalized spacial score (nSPS) is 11.2. The molecule has 2 aromatic carbocycles. The van der Waals surface area contributed by atoms with Crippen molar-refractivity contribution in [1.29, 1.82) is 0 Å². The van der Waals surface area contributed by atoms with Crippen LogP contribution in [-0.2, 0) is 5.41 Å². The summed E-state index contributed by atoms with van der Waals surface area (Å²) in [6.45, 7) is 6.31. The minimum Gasteiger partial charge on any atom is -0.456 e. The van der Waals surface area contributed by atoms with Gasteiger partial charge in [0.05, 0.1) is 5.56 Å². The van der Waals surface area contributed by atoms with Crippen molar-refractivity contribution >= 4 is 11.6 Å². The quantitative estimate of drug-likeness (QED) is 0.847. The first-order valence-corrected chi connectivity index (χ1v) is 6.76. The average Bonchev–Trinajstić information content (AvgIpc) is 2.40. The van der Waals surface area contributed by atoms with E-state index in [1.54, 1.807) is 12.1 Å². The molecule has 4 heteroatoms. The van der Waals surface area contributed by atoms with E-state index in [1.807, 2.05) is 24.3 Å². The van der Waals surface area contributed by atoms with Crippen molar-refractivity contribution in [1.82, 2.24) is 0 Å². The minimum absolute atomic E-state index is 0.0721. The third-order valence-corrected chi connectivity index (χ3v) is 3.18. The van der Waals surface area contributed by atoms with E-state index in [4.69, 9.17) is 16.2 Å². The molecule has 0 atom stereocenters. The molecular weight excluding hydrogens is 264 g/mol. The van der Waals surface area contributed by atoms with Crippen LogP contribution in [0.2, 0.25) is 0 Å². The molecule has 0 aliphatic carbocycles. The second-order valence-corrected chi connectivity index (χ2v) is 5.97. The summed E-state index contributed by atoms with van der Waals surface area (Å²) in [6, 6.07) is 12.6. The van der Waals surface area contributed by atoms with Gasteiger partial charge in [0, 0.05) is 11.3 Å². The Morgan fingerprint density at radius 2 is 1.71 bits per heavy atom. The summed E-state index contributed by atoms with van der Waals surface area (Å²) in [7, 11) is 0. The topological polar surface area (TPSA) is 78.3 Å². The Hall–Kier alpha value is -2.49. The van der Waals surface area contributed by atoms with Crippen LogP contribution in [0.25, 0.3) is 0 Å². The van der Waals surface area contributed by atoms with Crippen LogP contribution in [0.5, 0.6) is 11.5 Å². The smallest absolute Gasteiger partial charge is 0.252 e. The molecule has 110 valence electrons. The first-order chi connectivity index (χ1) is 9.79. The lowest BCUT2D eigenvalue weighted by Gasteiger charge is -2.23. The summed E-state index contributed by atoms with van der Waals surface area (Å²) in [5.74, 6) is 0.552. The van der Waals surface area contributed by atoms with Crippen molar-refractivity contribution in [3.05, 3.63) is 53.6 Å². The Morgan fingerprint density at radius 1 is 1.05 bits per heavy atom. The molecule has 0 heterocycles. The molecule has 0 fully saturated rings. The van der Waals surface area contributed by atoms with Crippen LogP contribution in [0.1, 0.15) is 36.7 Å². The highest BCUT2D eigenvalue weighted by Crippen LogP contribution is 2.35. The maximum absolute atomic E-state index is 11.5. The fourth-order valence-electron chi connectivity index (χ4n) is 2.12. The summed E-state index contributed by atoms with van der Waals surface area (Å²) in [5, 5.41) is 0. The first kappa shape index (κ1) is 14.9. The number of carbonyl (C=O) groups excluding carboxylic acids is 1. The van der Waals surface area contributed by atoms with E-state index in [0.29, 0.717) is 17.2 Å². The van der Waals surface area contributed by atoms with Crippen LogP contribution in [0.15, 0.2) is 42.5 Å². The van der Waals surface area contributed by atoms with E-state index in [0.717, 1.165) is 5.56 Å². The number of rotatable bonds is 3. The summed E-state index contributed by atoms with van der Waals surface area (Å²) < 4.78 is 5.93. The molecule has 4 nitrogen and oxygen atoms in total. The largest absolute Gasteiger partial charge is 0.456 e. The highest BCUT2D eigenvalue weighted by Gasteiger charge is 2.20. The lowest BCUT2D eigenvalue weighted by molar-refractivity contribution is 0.0998. The monoisotopic (exact) mass is 284 g/mol. The van der Waals surface area contributed by atoms with E-state index in [2.05, 4.69) is 20.8 Å². The predicted octanol–water partition coefficient (Wildman–Crippen LogP) is 3.46. The van der Waals surface area contributed by atoms with Crippen molar-refractivity contribution in [2.45, 2.75) is 26.2 Å².